The van der Waals surface area contributed by atoms with Gasteiger partial charge >= 0.3 is 5.76 Å². The van der Waals surface area contributed by atoms with Gasteiger partial charge in [-0.05, 0) is 12.1 Å². The van der Waals surface area contributed by atoms with Crippen LogP contribution in [0.25, 0.3) is 11.1 Å². The average molecular weight is 183 g/mol. The second kappa shape index (κ2) is 2.62. The van der Waals surface area contributed by atoms with Gasteiger partial charge in [-0.3, -0.25) is 9.51 Å². The lowest BCUT2D eigenvalue weighted by molar-refractivity contribution is -0.00611. The van der Waals surface area contributed by atoms with Crippen LogP contribution in [0.2, 0.25) is 0 Å². The Morgan fingerprint density at radius 2 is 2.31 bits per heavy atom. The molecule has 1 heterocycles. The number of nitrogens with zero attached hydrogens (tertiary/aromatic N) is 1. The third kappa shape index (κ3) is 1.09. The smallest absolute Gasteiger partial charge is 0.408 e. The molecule has 0 amide bonds. The van der Waals surface area contributed by atoms with Gasteiger partial charge in [0.2, 0.25) is 0 Å². The third-order valence-corrected chi connectivity index (χ3v) is 1.85. The van der Waals surface area contributed by atoms with Crippen LogP contribution in [0.15, 0.2) is 27.4 Å². The number of oxazole rings is 1. The fourth-order valence-corrected chi connectivity index (χ4v) is 1.16. The first kappa shape index (κ1) is 7.85. The monoisotopic (exact) mass is 183 g/mol. The molecule has 68 valence electrons. The van der Waals surface area contributed by atoms with Crippen molar-refractivity contribution >= 4 is 11.1 Å². The lowest BCUT2D eigenvalue weighted by atomic mass is 10.3. The summed E-state index contributed by atoms with van der Waals surface area (Å²) in [5, 5.41) is 0. The van der Waals surface area contributed by atoms with Crippen molar-refractivity contribution in [2.75, 3.05) is 0 Å². The molecule has 0 bridgehead atoms. The minimum absolute atomic E-state index is 0.0156. The standard InChI is InChI=1S/C8H6FNO3/c1-10-6-3-2-5(13-9)4-7(6)12-8(10)11/h2-4H,1H3. The first-order chi connectivity index (χ1) is 6.22. The maximum Gasteiger partial charge on any atom is 0.419 e. The molecule has 0 saturated carbocycles. The number of rotatable bonds is 1. The highest BCUT2D eigenvalue weighted by Gasteiger charge is 2.06. The first-order valence-electron chi connectivity index (χ1n) is 3.60. The summed E-state index contributed by atoms with van der Waals surface area (Å²) in [5.41, 5.74) is 0.911. The molecule has 0 atom stereocenters. The van der Waals surface area contributed by atoms with E-state index < -0.39 is 5.76 Å². The van der Waals surface area contributed by atoms with E-state index in [1.165, 1.54) is 16.7 Å². The summed E-state index contributed by atoms with van der Waals surface area (Å²) >= 11 is 0. The molecule has 1 aromatic carbocycles. The Kier molecular flexibility index (Phi) is 1.58. The highest BCUT2D eigenvalue weighted by molar-refractivity contribution is 5.74. The van der Waals surface area contributed by atoms with Crippen LogP contribution < -0.4 is 10.7 Å². The summed E-state index contributed by atoms with van der Waals surface area (Å²) in [7, 11) is 1.57. The van der Waals surface area contributed by atoms with Gasteiger partial charge in [-0.15, -0.1) is 0 Å². The summed E-state index contributed by atoms with van der Waals surface area (Å²) in [6.07, 6.45) is 0. The molecule has 0 fully saturated rings. The van der Waals surface area contributed by atoms with E-state index in [9.17, 15) is 9.32 Å². The summed E-state index contributed by atoms with van der Waals surface area (Å²) in [4.78, 5) is 14.5. The summed E-state index contributed by atoms with van der Waals surface area (Å²) < 4.78 is 17.9. The Balaban J connectivity index is 2.80. The number of benzene rings is 1. The molecular weight excluding hydrogens is 177 g/mol. The Bertz CT molecular complexity index is 500. The van der Waals surface area contributed by atoms with E-state index >= 15 is 0 Å². The van der Waals surface area contributed by atoms with Gasteiger partial charge < -0.3 is 4.42 Å². The van der Waals surface area contributed by atoms with E-state index in [4.69, 9.17) is 4.42 Å². The number of aromatic nitrogens is 1. The molecule has 0 saturated heterocycles. The van der Waals surface area contributed by atoms with Gasteiger partial charge in [-0.25, -0.2) is 4.79 Å². The van der Waals surface area contributed by atoms with Gasteiger partial charge in [0.15, 0.2) is 11.3 Å². The normalized spacial score (nSPS) is 10.6. The van der Waals surface area contributed by atoms with E-state index in [2.05, 4.69) is 4.94 Å². The molecule has 0 radical (unpaired) electrons. The molecule has 4 nitrogen and oxygen atoms in total. The Morgan fingerprint density at radius 3 is 3.00 bits per heavy atom. The fraction of sp³-hybridized carbons (Fsp3) is 0.125. The predicted molar refractivity (Wildman–Crippen MR) is 43.2 cm³/mol. The van der Waals surface area contributed by atoms with Crippen molar-refractivity contribution in [1.82, 2.24) is 4.57 Å². The van der Waals surface area contributed by atoms with Crippen LogP contribution >= 0.6 is 0 Å². The minimum Gasteiger partial charge on any atom is -0.408 e. The van der Waals surface area contributed by atoms with Crippen LogP contribution in [-0.4, -0.2) is 4.57 Å². The molecular formula is C8H6FNO3. The lowest BCUT2D eigenvalue weighted by Gasteiger charge is -1.93. The molecule has 2 aromatic rings. The zero-order chi connectivity index (χ0) is 9.42. The maximum absolute atomic E-state index is 11.7. The highest BCUT2D eigenvalue weighted by atomic mass is 19.3. The van der Waals surface area contributed by atoms with Crippen molar-refractivity contribution in [3.05, 3.63) is 28.7 Å². The largest absolute Gasteiger partial charge is 0.419 e. The molecule has 0 spiro atoms. The Hall–Kier alpha value is -1.78. The minimum atomic E-state index is -0.481. The summed E-state index contributed by atoms with van der Waals surface area (Å²) in [6, 6.07) is 4.28. The second-order valence-electron chi connectivity index (χ2n) is 2.63. The van der Waals surface area contributed by atoms with E-state index in [0.29, 0.717) is 11.1 Å². The molecule has 0 aliphatic rings. The van der Waals surface area contributed by atoms with Crippen LogP contribution in [0.1, 0.15) is 0 Å². The second-order valence-corrected chi connectivity index (χ2v) is 2.63. The van der Waals surface area contributed by atoms with Gasteiger partial charge in [0.1, 0.15) is 0 Å². The van der Waals surface area contributed by atoms with E-state index in [0.717, 1.165) is 0 Å². The van der Waals surface area contributed by atoms with Crippen molar-refractivity contribution < 1.29 is 13.9 Å². The average Bonchev–Trinajstić information content (AvgIpc) is 2.42. The number of hydrogen-bond acceptors (Lipinski definition) is 3. The highest BCUT2D eigenvalue weighted by Crippen LogP contribution is 2.19. The zero-order valence-electron chi connectivity index (χ0n) is 6.78. The van der Waals surface area contributed by atoms with Crippen LogP contribution in [0, 0.1) is 0 Å². The van der Waals surface area contributed by atoms with Gasteiger partial charge in [0, 0.05) is 17.6 Å². The molecule has 0 unspecified atom stereocenters. The molecule has 0 aliphatic heterocycles. The Labute approximate surface area is 72.0 Å². The van der Waals surface area contributed by atoms with Gasteiger partial charge in [0.05, 0.1) is 5.52 Å². The Morgan fingerprint density at radius 1 is 1.54 bits per heavy atom. The van der Waals surface area contributed by atoms with Gasteiger partial charge in [-0.2, -0.15) is 0 Å². The van der Waals surface area contributed by atoms with Crippen molar-refractivity contribution in [2.45, 2.75) is 0 Å². The third-order valence-electron chi connectivity index (χ3n) is 1.85. The van der Waals surface area contributed by atoms with Crippen LogP contribution in [0.4, 0.5) is 4.53 Å². The van der Waals surface area contributed by atoms with E-state index in [-0.39, 0.29) is 5.75 Å². The fourth-order valence-electron chi connectivity index (χ4n) is 1.16. The molecule has 2 rings (SSSR count). The van der Waals surface area contributed by atoms with Gasteiger partial charge in [-0.1, -0.05) is 0 Å². The molecule has 0 N–H and O–H groups in total. The lowest BCUT2D eigenvalue weighted by Crippen LogP contribution is -2.08. The summed E-state index contributed by atoms with van der Waals surface area (Å²) in [6.45, 7) is 0. The number of fused-ring (bicyclic) bond motifs is 1. The molecule has 1 aromatic heterocycles. The predicted octanol–water partition coefficient (Wildman–Crippen LogP) is 1.39. The first-order valence-corrected chi connectivity index (χ1v) is 3.60. The molecule has 13 heavy (non-hydrogen) atoms. The van der Waals surface area contributed by atoms with Crippen molar-refractivity contribution in [1.29, 1.82) is 0 Å². The number of halogens is 1. The quantitative estimate of drug-likeness (QED) is 0.671. The van der Waals surface area contributed by atoms with Crippen molar-refractivity contribution in [3.63, 3.8) is 0 Å². The molecule has 5 heteroatoms. The maximum atomic E-state index is 11.7. The molecule has 0 aliphatic carbocycles. The van der Waals surface area contributed by atoms with Crippen LogP contribution in [-0.2, 0) is 7.05 Å². The van der Waals surface area contributed by atoms with E-state index in [1.54, 1.807) is 13.1 Å². The zero-order valence-corrected chi connectivity index (χ0v) is 6.78. The number of aryl methyl sites for hydroxylation is 1. The SMILES string of the molecule is Cn1c(=O)oc2cc(OF)ccc21. The van der Waals surface area contributed by atoms with Crippen LogP contribution in [0.5, 0.6) is 5.75 Å². The number of hydrogen-bond donors (Lipinski definition) is 0. The van der Waals surface area contributed by atoms with Gasteiger partial charge in [0.25, 0.3) is 0 Å². The van der Waals surface area contributed by atoms with Crippen LogP contribution in [0.3, 0.4) is 0 Å². The summed E-state index contributed by atoms with van der Waals surface area (Å²) in [5.74, 6) is -0.465. The van der Waals surface area contributed by atoms with Crippen molar-refractivity contribution in [2.24, 2.45) is 7.05 Å². The topological polar surface area (TPSA) is 44.4 Å². The van der Waals surface area contributed by atoms with Crippen molar-refractivity contribution in [3.8, 4) is 5.75 Å². The van der Waals surface area contributed by atoms with E-state index in [1.807, 2.05) is 0 Å².